The Balaban J connectivity index is 1.44. The molecule has 1 aromatic rings. The number of aliphatic hydroxyl groups is 2. The van der Waals surface area contributed by atoms with Gasteiger partial charge in [0, 0.05) is 37.8 Å². The van der Waals surface area contributed by atoms with Crippen molar-refractivity contribution in [3.63, 3.8) is 0 Å². The third-order valence-electron chi connectivity index (χ3n) is 6.51. The van der Waals surface area contributed by atoms with E-state index in [9.17, 15) is 15.0 Å². The summed E-state index contributed by atoms with van der Waals surface area (Å²) < 4.78 is 1.80. The van der Waals surface area contributed by atoms with E-state index in [1.165, 1.54) is 0 Å². The predicted molar refractivity (Wildman–Crippen MR) is 111 cm³/mol. The van der Waals surface area contributed by atoms with Gasteiger partial charge in [-0.2, -0.15) is 5.10 Å². The average Bonchev–Trinajstić information content (AvgIpc) is 3.02. The summed E-state index contributed by atoms with van der Waals surface area (Å²) in [6, 6.07) is 0.458. The van der Waals surface area contributed by atoms with E-state index in [1.807, 2.05) is 30.9 Å². The van der Waals surface area contributed by atoms with Gasteiger partial charge in [0.15, 0.2) is 0 Å². The highest BCUT2D eigenvalue weighted by Gasteiger charge is 2.32. The summed E-state index contributed by atoms with van der Waals surface area (Å²) in [6.45, 7) is 7.11. The van der Waals surface area contributed by atoms with E-state index in [1.54, 1.807) is 10.8 Å². The van der Waals surface area contributed by atoms with Crippen molar-refractivity contribution in [3.05, 3.63) is 35.2 Å². The number of rotatable bonds is 3. The van der Waals surface area contributed by atoms with Gasteiger partial charge in [0.25, 0.3) is 5.91 Å². The summed E-state index contributed by atoms with van der Waals surface area (Å²) in [5.74, 6) is 0.0517. The molecule has 2 aliphatic heterocycles. The maximum absolute atomic E-state index is 13.3. The molecule has 158 valence electrons. The van der Waals surface area contributed by atoms with Crippen molar-refractivity contribution < 1.29 is 15.0 Å². The lowest BCUT2D eigenvalue weighted by Gasteiger charge is -2.41. The largest absolute Gasteiger partial charge is 0.392 e. The van der Waals surface area contributed by atoms with E-state index in [2.05, 4.69) is 10.00 Å². The summed E-state index contributed by atoms with van der Waals surface area (Å²) in [7, 11) is 0. The summed E-state index contributed by atoms with van der Waals surface area (Å²) in [4.78, 5) is 17.6. The molecule has 0 saturated carbocycles. The minimum atomic E-state index is -0.509. The standard InChI is InChI=1S/C22H32N4O3/c1-15-21(16(2)26(23-15)18-5-3-6-19(27)13-18)22(29)24-11-8-17(9-12-24)25-10-4-7-20(28)14-25/h3,5-6,17,19-20,27-28H,4,7-14H2,1-2H3. The molecule has 1 aliphatic carbocycles. The highest BCUT2D eigenvalue weighted by Crippen LogP contribution is 2.26. The molecule has 2 saturated heterocycles. The number of aromatic nitrogens is 2. The lowest BCUT2D eigenvalue weighted by molar-refractivity contribution is 0.0240. The normalized spacial score (nSPS) is 26.6. The van der Waals surface area contributed by atoms with Gasteiger partial charge in [-0.05, 0) is 52.2 Å². The zero-order valence-corrected chi connectivity index (χ0v) is 17.4. The number of likely N-dealkylation sites (tertiary alicyclic amines) is 2. The number of aliphatic hydroxyl groups excluding tert-OH is 2. The van der Waals surface area contributed by atoms with Crippen molar-refractivity contribution in [2.24, 2.45) is 0 Å². The maximum atomic E-state index is 13.3. The highest BCUT2D eigenvalue weighted by molar-refractivity contribution is 5.96. The first-order valence-electron chi connectivity index (χ1n) is 10.8. The smallest absolute Gasteiger partial charge is 0.257 e. The van der Waals surface area contributed by atoms with Crippen LogP contribution in [0.25, 0.3) is 5.70 Å². The topological polar surface area (TPSA) is 81.8 Å². The van der Waals surface area contributed by atoms with Gasteiger partial charge in [0.1, 0.15) is 0 Å². The third kappa shape index (κ3) is 4.17. The molecule has 1 amide bonds. The molecule has 0 spiro atoms. The van der Waals surface area contributed by atoms with Crippen LogP contribution in [0.1, 0.15) is 53.8 Å². The average molecular weight is 401 g/mol. The van der Waals surface area contributed by atoms with Crippen LogP contribution in [-0.4, -0.2) is 80.1 Å². The molecule has 3 aliphatic rings. The first-order chi connectivity index (χ1) is 13.9. The van der Waals surface area contributed by atoms with Crippen molar-refractivity contribution >= 4 is 11.6 Å². The number of allylic oxidation sites excluding steroid dienone is 2. The van der Waals surface area contributed by atoms with Gasteiger partial charge >= 0.3 is 0 Å². The SMILES string of the molecule is Cc1nn(C2=CC=CC(O)C2)c(C)c1C(=O)N1CCC(N2CCCC(O)C2)CC1. The molecule has 2 atom stereocenters. The summed E-state index contributed by atoms with van der Waals surface area (Å²) >= 11 is 0. The number of hydrogen-bond acceptors (Lipinski definition) is 5. The van der Waals surface area contributed by atoms with Gasteiger partial charge in [-0.3, -0.25) is 9.69 Å². The predicted octanol–water partition coefficient (Wildman–Crippen LogP) is 1.72. The zero-order valence-electron chi connectivity index (χ0n) is 17.4. The van der Waals surface area contributed by atoms with Crippen molar-refractivity contribution in [1.82, 2.24) is 19.6 Å². The van der Waals surface area contributed by atoms with E-state index in [0.717, 1.165) is 68.9 Å². The molecular formula is C22H32N4O3. The number of amides is 1. The first-order valence-corrected chi connectivity index (χ1v) is 10.8. The number of carbonyl (C=O) groups excluding carboxylic acids is 1. The second kappa shape index (κ2) is 8.42. The Labute approximate surface area is 172 Å². The van der Waals surface area contributed by atoms with Crippen LogP contribution in [-0.2, 0) is 0 Å². The second-order valence-corrected chi connectivity index (χ2v) is 8.59. The fourth-order valence-corrected chi connectivity index (χ4v) is 4.94. The van der Waals surface area contributed by atoms with Crippen LogP contribution in [0.5, 0.6) is 0 Å². The first kappa shape index (κ1) is 20.3. The van der Waals surface area contributed by atoms with Crippen molar-refractivity contribution in [2.75, 3.05) is 26.2 Å². The van der Waals surface area contributed by atoms with E-state index in [0.29, 0.717) is 18.0 Å². The van der Waals surface area contributed by atoms with Gasteiger partial charge in [-0.15, -0.1) is 0 Å². The Kier molecular flexibility index (Phi) is 5.90. The van der Waals surface area contributed by atoms with Crippen LogP contribution >= 0.6 is 0 Å². The number of nitrogens with zero attached hydrogens (tertiary/aromatic N) is 4. The number of hydrogen-bond donors (Lipinski definition) is 2. The molecule has 1 aromatic heterocycles. The lowest BCUT2D eigenvalue weighted by atomic mass is 9.98. The number of piperidine rings is 2. The fraction of sp³-hybridized carbons (Fsp3) is 0.636. The molecular weight excluding hydrogens is 368 g/mol. The van der Waals surface area contributed by atoms with Crippen molar-refractivity contribution in [2.45, 2.75) is 64.2 Å². The van der Waals surface area contributed by atoms with E-state index < -0.39 is 6.10 Å². The molecule has 29 heavy (non-hydrogen) atoms. The van der Waals surface area contributed by atoms with Crippen LogP contribution in [0.3, 0.4) is 0 Å². The van der Waals surface area contributed by atoms with Gasteiger partial charge in [-0.25, -0.2) is 4.68 Å². The fourth-order valence-electron chi connectivity index (χ4n) is 4.94. The summed E-state index contributed by atoms with van der Waals surface area (Å²) in [5, 5.41) is 24.5. The van der Waals surface area contributed by atoms with Gasteiger partial charge < -0.3 is 15.1 Å². The molecule has 7 nitrogen and oxygen atoms in total. The third-order valence-corrected chi connectivity index (χ3v) is 6.51. The Bertz CT molecular complexity index is 820. The minimum Gasteiger partial charge on any atom is -0.392 e. The van der Waals surface area contributed by atoms with E-state index >= 15 is 0 Å². The number of carbonyl (C=O) groups is 1. The van der Waals surface area contributed by atoms with Gasteiger partial charge in [0.2, 0.25) is 0 Å². The molecule has 0 bridgehead atoms. The molecule has 7 heteroatoms. The maximum Gasteiger partial charge on any atom is 0.257 e. The quantitative estimate of drug-likeness (QED) is 0.808. The lowest BCUT2D eigenvalue weighted by Crippen LogP contribution is -2.50. The van der Waals surface area contributed by atoms with E-state index in [-0.39, 0.29) is 12.0 Å². The number of β-amino-alcohol motifs (C(OH)–C–C–N with tert-alkyl or cyclic N) is 1. The zero-order chi connectivity index (χ0) is 20.5. The van der Waals surface area contributed by atoms with Crippen molar-refractivity contribution in [3.8, 4) is 0 Å². The van der Waals surface area contributed by atoms with Crippen LogP contribution in [0, 0.1) is 13.8 Å². The number of aryl methyl sites for hydroxylation is 1. The summed E-state index contributed by atoms with van der Waals surface area (Å²) in [6.07, 6.45) is 9.18. The molecule has 2 fully saturated rings. The minimum absolute atomic E-state index is 0.0517. The Morgan fingerprint density at radius 1 is 1.14 bits per heavy atom. The Morgan fingerprint density at radius 2 is 1.90 bits per heavy atom. The molecule has 3 heterocycles. The Morgan fingerprint density at radius 3 is 2.59 bits per heavy atom. The molecule has 0 aromatic carbocycles. The van der Waals surface area contributed by atoms with Gasteiger partial charge in [-0.1, -0.05) is 12.2 Å². The van der Waals surface area contributed by atoms with Crippen LogP contribution in [0.15, 0.2) is 18.2 Å². The van der Waals surface area contributed by atoms with Gasteiger partial charge in [0.05, 0.1) is 29.2 Å². The Hall–Kier alpha value is -1.96. The molecule has 2 N–H and O–H groups in total. The van der Waals surface area contributed by atoms with Crippen molar-refractivity contribution in [1.29, 1.82) is 0 Å². The molecule has 0 radical (unpaired) electrons. The monoisotopic (exact) mass is 400 g/mol. The molecule has 2 unspecified atom stereocenters. The van der Waals surface area contributed by atoms with E-state index in [4.69, 9.17) is 0 Å². The second-order valence-electron chi connectivity index (χ2n) is 8.59. The summed E-state index contributed by atoms with van der Waals surface area (Å²) in [5.41, 5.74) is 3.16. The van der Waals surface area contributed by atoms with Crippen LogP contribution in [0.4, 0.5) is 0 Å². The van der Waals surface area contributed by atoms with Crippen LogP contribution in [0.2, 0.25) is 0 Å². The highest BCUT2D eigenvalue weighted by atomic mass is 16.3. The van der Waals surface area contributed by atoms with Crippen LogP contribution < -0.4 is 0 Å². The molecule has 4 rings (SSSR count).